The number of carbonyl (C=O) groups excluding carboxylic acids is 1. The van der Waals surface area contributed by atoms with Crippen LogP contribution in [-0.2, 0) is 4.79 Å². The van der Waals surface area contributed by atoms with Gasteiger partial charge in [-0.1, -0.05) is 25.3 Å². The van der Waals surface area contributed by atoms with Gasteiger partial charge in [-0.3, -0.25) is 4.79 Å². The van der Waals surface area contributed by atoms with Crippen LogP contribution in [0.15, 0.2) is 18.2 Å². The number of hydrogen-bond acceptors (Lipinski definition) is 2. The van der Waals surface area contributed by atoms with Crippen LogP contribution in [0.25, 0.3) is 0 Å². The van der Waals surface area contributed by atoms with Crippen molar-refractivity contribution >= 4 is 24.0 Å². The SMILES string of the molecule is Cc1ccc(NC(=O)C2(N)CCCCC2)cc1F.Cl. The van der Waals surface area contributed by atoms with Gasteiger partial charge in [-0.15, -0.1) is 12.4 Å². The summed E-state index contributed by atoms with van der Waals surface area (Å²) >= 11 is 0. The van der Waals surface area contributed by atoms with E-state index in [4.69, 9.17) is 5.73 Å². The monoisotopic (exact) mass is 286 g/mol. The van der Waals surface area contributed by atoms with Crippen LogP contribution < -0.4 is 11.1 Å². The van der Waals surface area contributed by atoms with E-state index in [1.807, 2.05) is 0 Å². The molecule has 0 heterocycles. The van der Waals surface area contributed by atoms with Gasteiger partial charge in [0.2, 0.25) is 5.91 Å². The van der Waals surface area contributed by atoms with Crippen LogP contribution in [0.2, 0.25) is 0 Å². The molecule has 0 aromatic heterocycles. The number of anilines is 1. The molecule has 19 heavy (non-hydrogen) atoms. The van der Waals surface area contributed by atoms with Crippen LogP contribution in [0.3, 0.4) is 0 Å². The number of rotatable bonds is 2. The number of nitrogens with one attached hydrogen (secondary N) is 1. The van der Waals surface area contributed by atoms with Crippen molar-refractivity contribution in [3.63, 3.8) is 0 Å². The Labute approximate surface area is 119 Å². The minimum atomic E-state index is -0.792. The van der Waals surface area contributed by atoms with Gasteiger partial charge in [0, 0.05) is 5.69 Å². The Balaban J connectivity index is 0.00000180. The second kappa shape index (κ2) is 6.35. The highest BCUT2D eigenvalue weighted by Gasteiger charge is 2.35. The maximum absolute atomic E-state index is 13.4. The molecule has 1 aromatic carbocycles. The fraction of sp³-hybridized carbons (Fsp3) is 0.500. The smallest absolute Gasteiger partial charge is 0.244 e. The number of halogens is 2. The summed E-state index contributed by atoms with van der Waals surface area (Å²) in [5.41, 5.74) is 6.35. The summed E-state index contributed by atoms with van der Waals surface area (Å²) in [7, 11) is 0. The van der Waals surface area contributed by atoms with E-state index in [2.05, 4.69) is 5.32 Å². The lowest BCUT2D eigenvalue weighted by Crippen LogP contribution is -2.52. The summed E-state index contributed by atoms with van der Waals surface area (Å²) in [4.78, 5) is 12.1. The summed E-state index contributed by atoms with van der Waals surface area (Å²) in [6.07, 6.45) is 4.49. The van der Waals surface area contributed by atoms with E-state index >= 15 is 0 Å². The number of amides is 1. The van der Waals surface area contributed by atoms with E-state index in [1.165, 1.54) is 6.07 Å². The second-order valence-corrected chi connectivity index (χ2v) is 5.13. The van der Waals surface area contributed by atoms with Crippen LogP contribution in [0.5, 0.6) is 0 Å². The average molecular weight is 287 g/mol. The molecule has 0 saturated heterocycles. The zero-order chi connectivity index (χ0) is 13.2. The Bertz CT molecular complexity index is 459. The predicted octanol–water partition coefficient (Wildman–Crippen LogP) is 3.16. The Morgan fingerprint density at radius 2 is 1.95 bits per heavy atom. The maximum atomic E-state index is 13.4. The van der Waals surface area contributed by atoms with Gasteiger partial charge < -0.3 is 11.1 Å². The molecule has 106 valence electrons. The molecular weight excluding hydrogens is 267 g/mol. The number of aryl methyl sites for hydroxylation is 1. The summed E-state index contributed by atoms with van der Waals surface area (Å²) in [6.45, 7) is 1.69. The Morgan fingerprint density at radius 1 is 1.32 bits per heavy atom. The predicted molar refractivity (Wildman–Crippen MR) is 77.0 cm³/mol. The van der Waals surface area contributed by atoms with Crippen LogP contribution in [-0.4, -0.2) is 11.4 Å². The third kappa shape index (κ3) is 3.67. The van der Waals surface area contributed by atoms with E-state index < -0.39 is 5.54 Å². The van der Waals surface area contributed by atoms with Gasteiger partial charge >= 0.3 is 0 Å². The third-order valence-electron chi connectivity index (χ3n) is 3.63. The first kappa shape index (κ1) is 15.9. The zero-order valence-corrected chi connectivity index (χ0v) is 11.9. The summed E-state index contributed by atoms with van der Waals surface area (Å²) < 4.78 is 13.4. The Morgan fingerprint density at radius 3 is 2.53 bits per heavy atom. The number of benzene rings is 1. The van der Waals surface area contributed by atoms with Gasteiger partial charge in [0.05, 0.1) is 5.54 Å². The first-order chi connectivity index (χ1) is 8.51. The number of carbonyl (C=O) groups is 1. The lowest BCUT2D eigenvalue weighted by atomic mass is 9.82. The standard InChI is InChI=1S/C14H19FN2O.ClH/c1-10-5-6-11(9-12(10)15)17-13(18)14(16)7-3-2-4-8-14;/h5-6,9H,2-4,7-8,16H2,1H3,(H,17,18);1H. The first-order valence-electron chi connectivity index (χ1n) is 6.38. The fourth-order valence-corrected chi connectivity index (χ4v) is 2.34. The molecule has 3 nitrogen and oxygen atoms in total. The highest BCUT2D eigenvalue weighted by molar-refractivity contribution is 5.98. The third-order valence-corrected chi connectivity index (χ3v) is 3.63. The molecule has 0 bridgehead atoms. The Kier molecular flexibility index (Phi) is 5.32. The summed E-state index contributed by atoms with van der Waals surface area (Å²) in [5, 5.41) is 2.72. The molecule has 0 aliphatic heterocycles. The molecule has 1 saturated carbocycles. The highest BCUT2D eigenvalue weighted by atomic mass is 35.5. The van der Waals surface area contributed by atoms with Gasteiger partial charge in [0.15, 0.2) is 0 Å². The maximum Gasteiger partial charge on any atom is 0.244 e. The van der Waals surface area contributed by atoms with Crippen molar-refractivity contribution in [2.75, 3.05) is 5.32 Å². The molecule has 0 spiro atoms. The molecule has 0 radical (unpaired) electrons. The van der Waals surface area contributed by atoms with E-state index in [0.717, 1.165) is 19.3 Å². The van der Waals surface area contributed by atoms with Gasteiger partial charge in [-0.2, -0.15) is 0 Å². The Hall–Kier alpha value is -1.13. The lowest BCUT2D eigenvalue weighted by Gasteiger charge is -2.31. The molecule has 2 rings (SSSR count). The van der Waals surface area contributed by atoms with Crippen LogP contribution in [0, 0.1) is 12.7 Å². The number of nitrogens with two attached hydrogens (primary N) is 1. The van der Waals surface area contributed by atoms with Crippen molar-refractivity contribution in [3.8, 4) is 0 Å². The minimum Gasteiger partial charge on any atom is -0.324 e. The minimum absolute atomic E-state index is 0. The molecule has 1 fully saturated rings. The van der Waals surface area contributed by atoms with Crippen LogP contribution in [0.1, 0.15) is 37.7 Å². The highest BCUT2D eigenvalue weighted by Crippen LogP contribution is 2.27. The van der Waals surface area contributed by atoms with Gasteiger partial charge in [0.25, 0.3) is 0 Å². The summed E-state index contributed by atoms with van der Waals surface area (Å²) in [5.74, 6) is -0.520. The average Bonchev–Trinajstić information content (AvgIpc) is 2.35. The molecule has 3 N–H and O–H groups in total. The lowest BCUT2D eigenvalue weighted by molar-refractivity contribution is -0.122. The van der Waals surface area contributed by atoms with Crippen molar-refractivity contribution in [2.24, 2.45) is 5.73 Å². The first-order valence-corrected chi connectivity index (χ1v) is 6.38. The van der Waals surface area contributed by atoms with Gasteiger partial charge in [-0.05, 0) is 37.5 Å². The van der Waals surface area contributed by atoms with Gasteiger partial charge in [-0.25, -0.2) is 4.39 Å². The zero-order valence-electron chi connectivity index (χ0n) is 11.0. The topological polar surface area (TPSA) is 55.1 Å². The van der Waals surface area contributed by atoms with Crippen molar-refractivity contribution in [1.82, 2.24) is 0 Å². The molecule has 0 unspecified atom stereocenters. The molecule has 1 aliphatic rings. The second-order valence-electron chi connectivity index (χ2n) is 5.13. The van der Waals surface area contributed by atoms with E-state index in [1.54, 1.807) is 19.1 Å². The summed E-state index contributed by atoms with van der Waals surface area (Å²) in [6, 6.07) is 4.68. The fourth-order valence-electron chi connectivity index (χ4n) is 2.34. The number of hydrogen-bond donors (Lipinski definition) is 2. The molecule has 0 atom stereocenters. The van der Waals surface area contributed by atoms with Crippen molar-refractivity contribution in [3.05, 3.63) is 29.6 Å². The van der Waals surface area contributed by atoms with Crippen molar-refractivity contribution in [2.45, 2.75) is 44.6 Å². The largest absolute Gasteiger partial charge is 0.324 e. The molecule has 1 aromatic rings. The van der Waals surface area contributed by atoms with Crippen LogP contribution >= 0.6 is 12.4 Å². The molecule has 1 amide bonds. The van der Waals surface area contributed by atoms with Crippen LogP contribution in [0.4, 0.5) is 10.1 Å². The quantitative estimate of drug-likeness (QED) is 0.877. The van der Waals surface area contributed by atoms with E-state index in [-0.39, 0.29) is 24.1 Å². The van der Waals surface area contributed by atoms with E-state index in [0.29, 0.717) is 24.1 Å². The molecule has 5 heteroatoms. The van der Waals surface area contributed by atoms with Crippen molar-refractivity contribution < 1.29 is 9.18 Å². The van der Waals surface area contributed by atoms with Gasteiger partial charge in [0.1, 0.15) is 5.82 Å². The normalized spacial score (nSPS) is 17.4. The van der Waals surface area contributed by atoms with E-state index in [9.17, 15) is 9.18 Å². The van der Waals surface area contributed by atoms with Crippen molar-refractivity contribution in [1.29, 1.82) is 0 Å². The molecule has 1 aliphatic carbocycles. The molecular formula is C14H20ClFN2O.